The van der Waals surface area contributed by atoms with Gasteiger partial charge in [-0.15, -0.1) is 10.2 Å². The number of nitrogens with zero attached hydrogens (tertiary/aromatic N) is 4. The SMILES string of the molecule is O=CN1CCN(c2ccc(NC(=O)CCOc3ccccc3)nn2)CC1. The summed E-state index contributed by atoms with van der Waals surface area (Å²) in [7, 11) is 0. The number of rotatable bonds is 7. The molecule has 0 atom stereocenters. The van der Waals surface area contributed by atoms with Crippen LogP contribution in [0.5, 0.6) is 5.75 Å². The lowest BCUT2D eigenvalue weighted by atomic mass is 10.3. The fourth-order valence-electron chi connectivity index (χ4n) is 2.60. The number of aromatic nitrogens is 2. The molecule has 8 heteroatoms. The van der Waals surface area contributed by atoms with Crippen LogP contribution in [-0.4, -0.2) is 60.2 Å². The fraction of sp³-hybridized carbons (Fsp3) is 0.333. The molecular formula is C18H21N5O3. The Labute approximate surface area is 151 Å². The minimum atomic E-state index is -0.178. The second-order valence-corrected chi connectivity index (χ2v) is 5.86. The third-order valence-electron chi connectivity index (χ3n) is 4.05. The molecule has 1 aliphatic heterocycles. The zero-order valence-corrected chi connectivity index (χ0v) is 14.4. The van der Waals surface area contributed by atoms with E-state index in [4.69, 9.17) is 4.74 Å². The molecule has 136 valence electrons. The molecule has 1 aromatic heterocycles. The monoisotopic (exact) mass is 355 g/mol. The van der Waals surface area contributed by atoms with Gasteiger partial charge in [-0.25, -0.2) is 0 Å². The van der Waals surface area contributed by atoms with Gasteiger partial charge in [0.1, 0.15) is 5.75 Å². The Bertz CT molecular complexity index is 715. The van der Waals surface area contributed by atoms with Crippen molar-refractivity contribution in [1.29, 1.82) is 0 Å². The van der Waals surface area contributed by atoms with Crippen molar-refractivity contribution in [3.63, 3.8) is 0 Å². The number of ether oxygens (including phenoxy) is 1. The summed E-state index contributed by atoms with van der Waals surface area (Å²) >= 11 is 0. The van der Waals surface area contributed by atoms with E-state index in [1.807, 2.05) is 36.4 Å². The summed E-state index contributed by atoms with van der Waals surface area (Å²) in [6.45, 7) is 3.07. The van der Waals surface area contributed by atoms with E-state index in [1.54, 1.807) is 11.0 Å². The first-order valence-corrected chi connectivity index (χ1v) is 8.50. The maximum Gasteiger partial charge on any atom is 0.229 e. The Kier molecular flexibility index (Phi) is 5.97. The van der Waals surface area contributed by atoms with Crippen LogP contribution >= 0.6 is 0 Å². The first-order valence-electron chi connectivity index (χ1n) is 8.50. The molecular weight excluding hydrogens is 334 g/mol. The van der Waals surface area contributed by atoms with Gasteiger partial charge in [0.05, 0.1) is 13.0 Å². The highest BCUT2D eigenvalue weighted by molar-refractivity contribution is 5.89. The molecule has 0 radical (unpaired) electrons. The van der Waals surface area contributed by atoms with Gasteiger partial charge in [-0.1, -0.05) is 18.2 Å². The van der Waals surface area contributed by atoms with Crippen LogP contribution in [0.25, 0.3) is 0 Å². The van der Waals surface area contributed by atoms with E-state index in [2.05, 4.69) is 20.4 Å². The molecule has 26 heavy (non-hydrogen) atoms. The van der Waals surface area contributed by atoms with Gasteiger partial charge < -0.3 is 19.9 Å². The van der Waals surface area contributed by atoms with E-state index in [9.17, 15) is 9.59 Å². The molecule has 0 saturated carbocycles. The highest BCUT2D eigenvalue weighted by Gasteiger charge is 2.17. The van der Waals surface area contributed by atoms with Crippen LogP contribution < -0.4 is 15.0 Å². The van der Waals surface area contributed by atoms with Gasteiger partial charge in [0.15, 0.2) is 11.6 Å². The van der Waals surface area contributed by atoms with Crippen molar-refractivity contribution in [2.45, 2.75) is 6.42 Å². The number of hydrogen-bond donors (Lipinski definition) is 1. The molecule has 1 fully saturated rings. The van der Waals surface area contributed by atoms with E-state index in [1.165, 1.54) is 0 Å². The molecule has 3 rings (SSSR count). The molecule has 0 unspecified atom stereocenters. The van der Waals surface area contributed by atoms with Crippen molar-refractivity contribution >= 4 is 24.0 Å². The molecule has 2 amide bonds. The third-order valence-corrected chi connectivity index (χ3v) is 4.05. The lowest BCUT2D eigenvalue weighted by Crippen LogP contribution is -2.46. The van der Waals surface area contributed by atoms with Gasteiger partial charge >= 0.3 is 0 Å². The summed E-state index contributed by atoms with van der Waals surface area (Å²) in [4.78, 5) is 26.5. The molecule has 1 N–H and O–H groups in total. The van der Waals surface area contributed by atoms with Crippen molar-refractivity contribution < 1.29 is 14.3 Å². The summed E-state index contributed by atoms with van der Waals surface area (Å²) in [5.74, 6) is 1.70. The van der Waals surface area contributed by atoms with Gasteiger partial charge in [0.2, 0.25) is 12.3 Å². The molecule has 2 aromatic rings. The number of benzene rings is 1. The van der Waals surface area contributed by atoms with Gasteiger partial charge in [0.25, 0.3) is 0 Å². The molecule has 2 heterocycles. The summed E-state index contributed by atoms with van der Waals surface area (Å²) in [5, 5.41) is 10.9. The van der Waals surface area contributed by atoms with Crippen molar-refractivity contribution in [2.24, 2.45) is 0 Å². The maximum atomic E-state index is 12.0. The Morgan fingerprint density at radius 2 is 1.85 bits per heavy atom. The molecule has 1 aromatic carbocycles. The number of piperazine rings is 1. The van der Waals surface area contributed by atoms with E-state index in [-0.39, 0.29) is 12.3 Å². The normalized spacial score (nSPS) is 14.0. The number of para-hydroxylation sites is 1. The van der Waals surface area contributed by atoms with Crippen LogP contribution in [0.15, 0.2) is 42.5 Å². The second kappa shape index (κ2) is 8.80. The summed E-state index contributed by atoms with van der Waals surface area (Å²) in [5.41, 5.74) is 0. The highest BCUT2D eigenvalue weighted by atomic mass is 16.5. The number of carbonyl (C=O) groups excluding carboxylic acids is 2. The Morgan fingerprint density at radius 3 is 2.50 bits per heavy atom. The zero-order valence-electron chi connectivity index (χ0n) is 14.4. The van der Waals surface area contributed by atoms with E-state index >= 15 is 0 Å². The molecule has 0 aliphatic carbocycles. The van der Waals surface area contributed by atoms with Crippen LogP contribution in [0, 0.1) is 0 Å². The predicted octanol–water partition coefficient (Wildman–Crippen LogP) is 1.16. The maximum absolute atomic E-state index is 12.0. The zero-order chi connectivity index (χ0) is 18.2. The molecule has 0 bridgehead atoms. The first kappa shape index (κ1) is 17.7. The van der Waals surface area contributed by atoms with Crippen molar-refractivity contribution in [1.82, 2.24) is 15.1 Å². The predicted molar refractivity (Wildman–Crippen MR) is 97.1 cm³/mol. The van der Waals surface area contributed by atoms with E-state index in [0.717, 1.165) is 31.1 Å². The summed E-state index contributed by atoms with van der Waals surface area (Å²) in [6, 6.07) is 12.9. The van der Waals surface area contributed by atoms with Gasteiger partial charge in [-0.3, -0.25) is 9.59 Å². The topological polar surface area (TPSA) is 87.7 Å². The molecule has 8 nitrogen and oxygen atoms in total. The lowest BCUT2D eigenvalue weighted by Gasteiger charge is -2.32. The van der Waals surface area contributed by atoms with Crippen molar-refractivity contribution in [3.8, 4) is 5.75 Å². The number of amides is 2. The number of hydrogen-bond acceptors (Lipinski definition) is 6. The minimum absolute atomic E-state index is 0.178. The van der Waals surface area contributed by atoms with Crippen molar-refractivity contribution in [2.75, 3.05) is 43.0 Å². The largest absolute Gasteiger partial charge is 0.493 e. The standard InChI is InChI=1S/C18H21N5O3/c24-14-22-9-11-23(12-10-22)17-7-6-16(20-21-17)19-18(25)8-13-26-15-4-2-1-3-5-15/h1-7,14H,8-13H2,(H,19,20,25). The summed E-state index contributed by atoms with van der Waals surface area (Å²) in [6.07, 6.45) is 1.09. The van der Waals surface area contributed by atoms with Crippen LogP contribution in [0.2, 0.25) is 0 Å². The highest BCUT2D eigenvalue weighted by Crippen LogP contribution is 2.14. The Hall–Kier alpha value is -3.16. The smallest absolute Gasteiger partial charge is 0.229 e. The van der Waals surface area contributed by atoms with Crippen LogP contribution in [0.1, 0.15) is 6.42 Å². The lowest BCUT2D eigenvalue weighted by molar-refractivity contribution is -0.118. The third kappa shape index (κ3) is 4.92. The number of anilines is 2. The van der Waals surface area contributed by atoms with Gasteiger partial charge in [-0.05, 0) is 24.3 Å². The molecule has 1 aliphatic rings. The number of carbonyl (C=O) groups is 2. The van der Waals surface area contributed by atoms with Gasteiger partial charge in [-0.2, -0.15) is 0 Å². The van der Waals surface area contributed by atoms with Gasteiger partial charge in [0, 0.05) is 26.2 Å². The Morgan fingerprint density at radius 1 is 1.08 bits per heavy atom. The second-order valence-electron chi connectivity index (χ2n) is 5.86. The average molecular weight is 355 g/mol. The average Bonchev–Trinajstić information content (AvgIpc) is 2.69. The van der Waals surface area contributed by atoms with E-state index < -0.39 is 0 Å². The van der Waals surface area contributed by atoms with Crippen LogP contribution in [-0.2, 0) is 9.59 Å². The Balaban J connectivity index is 1.43. The van der Waals surface area contributed by atoms with E-state index in [0.29, 0.717) is 25.5 Å². The minimum Gasteiger partial charge on any atom is -0.493 e. The molecule has 0 spiro atoms. The molecule has 1 saturated heterocycles. The number of nitrogens with one attached hydrogen (secondary N) is 1. The van der Waals surface area contributed by atoms with Crippen molar-refractivity contribution in [3.05, 3.63) is 42.5 Å². The van der Waals surface area contributed by atoms with Crippen LogP contribution in [0.4, 0.5) is 11.6 Å². The fourth-order valence-corrected chi connectivity index (χ4v) is 2.60. The quantitative estimate of drug-likeness (QED) is 0.750. The first-order chi connectivity index (χ1) is 12.7. The van der Waals surface area contributed by atoms with Crippen LogP contribution in [0.3, 0.4) is 0 Å². The summed E-state index contributed by atoms with van der Waals surface area (Å²) < 4.78 is 5.50.